The van der Waals surface area contributed by atoms with Gasteiger partial charge in [0.15, 0.2) is 15.3 Å². The zero-order valence-corrected chi connectivity index (χ0v) is 19.3. The van der Waals surface area contributed by atoms with Crippen LogP contribution in [0.2, 0.25) is 0 Å². The van der Waals surface area contributed by atoms with E-state index in [0.29, 0.717) is 24.3 Å². The predicted octanol–water partition coefficient (Wildman–Crippen LogP) is 2.69. The second kappa shape index (κ2) is 9.18. The molecule has 1 aliphatic heterocycles. The lowest BCUT2D eigenvalue weighted by Gasteiger charge is -2.38. The van der Waals surface area contributed by atoms with E-state index < -0.39 is 36.4 Å². The van der Waals surface area contributed by atoms with Gasteiger partial charge in [-0.15, -0.1) is 0 Å². The molecule has 3 rings (SSSR count). The zero-order valence-electron chi connectivity index (χ0n) is 17.6. The highest BCUT2D eigenvalue weighted by molar-refractivity contribution is 7.92. The van der Waals surface area contributed by atoms with E-state index in [1.165, 1.54) is 48.5 Å². The van der Waals surface area contributed by atoms with Crippen LogP contribution in [-0.4, -0.2) is 46.2 Å². The number of nitrogens with one attached hydrogen (secondary N) is 1. The third-order valence-electron chi connectivity index (χ3n) is 5.69. The summed E-state index contributed by atoms with van der Waals surface area (Å²) in [6.07, 6.45) is 1.72. The molecule has 0 aromatic heterocycles. The number of hydrogen-bond donors (Lipinski definition) is 2. The third kappa shape index (κ3) is 4.96. The number of ether oxygens (including phenoxy) is 2. The molecule has 2 N–H and O–H groups in total. The maximum absolute atomic E-state index is 13.1. The van der Waals surface area contributed by atoms with Gasteiger partial charge in [-0.2, -0.15) is 0 Å². The van der Waals surface area contributed by atoms with Gasteiger partial charge in [-0.25, -0.2) is 22.3 Å². The van der Waals surface area contributed by atoms with Crippen LogP contribution in [0.25, 0.3) is 0 Å². The van der Waals surface area contributed by atoms with Gasteiger partial charge in [-0.3, -0.25) is 10.0 Å². The van der Waals surface area contributed by atoms with E-state index in [-0.39, 0.29) is 22.8 Å². The van der Waals surface area contributed by atoms with E-state index in [2.05, 4.69) is 0 Å². The molecule has 1 amide bonds. The van der Waals surface area contributed by atoms with E-state index in [9.17, 15) is 21.6 Å². The first kappa shape index (κ1) is 24.2. The standard InChI is InChI=1S/C21H25NO8S2/c1-3-21(20(23)22-24)12-13-29-19(14-21)32(27,28)18-10-6-16(7-11-18)30-15-4-8-17(9-5-15)31(2,25)26/h4-11,19,24H,3,12-14H2,1-2H3,(H,22,23). The molecule has 2 unspecified atom stereocenters. The van der Waals surface area contributed by atoms with Crippen LogP contribution in [0, 0.1) is 5.41 Å². The Morgan fingerprint density at radius 2 is 1.59 bits per heavy atom. The average molecular weight is 484 g/mol. The van der Waals surface area contributed by atoms with Gasteiger partial charge in [0, 0.05) is 19.3 Å². The summed E-state index contributed by atoms with van der Waals surface area (Å²) in [5, 5.41) is 9.06. The van der Waals surface area contributed by atoms with Crippen molar-refractivity contribution >= 4 is 25.6 Å². The van der Waals surface area contributed by atoms with Gasteiger partial charge in [-0.05, 0) is 61.4 Å². The van der Waals surface area contributed by atoms with Crippen LogP contribution in [0.15, 0.2) is 58.3 Å². The van der Waals surface area contributed by atoms with Crippen LogP contribution < -0.4 is 10.2 Å². The molecule has 32 heavy (non-hydrogen) atoms. The van der Waals surface area contributed by atoms with Crippen molar-refractivity contribution in [3.63, 3.8) is 0 Å². The molecule has 0 saturated carbocycles. The normalized spacial score (nSPS) is 21.7. The molecule has 1 heterocycles. The Hall–Kier alpha value is -2.47. The van der Waals surface area contributed by atoms with Crippen molar-refractivity contribution < 1.29 is 36.3 Å². The summed E-state index contributed by atoms with van der Waals surface area (Å²) < 4.78 is 60.4. The fourth-order valence-corrected chi connectivity index (χ4v) is 5.87. The Morgan fingerprint density at radius 1 is 1.06 bits per heavy atom. The van der Waals surface area contributed by atoms with Crippen LogP contribution in [0.4, 0.5) is 0 Å². The molecule has 0 aliphatic carbocycles. The highest BCUT2D eigenvalue weighted by Gasteiger charge is 2.46. The fraction of sp³-hybridized carbons (Fsp3) is 0.381. The lowest BCUT2D eigenvalue weighted by atomic mass is 9.77. The molecule has 2 atom stereocenters. The summed E-state index contributed by atoms with van der Waals surface area (Å²) >= 11 is 0. The van der Waals surface area contributed by atoms with Crippen LogP contribution >= 0.6 is 0 Å². The lowest BCUT2D eigenvalue weighted by Crippen LogP contribution is -2.47. The molecule has 1 aliphatic rings. The van der Waals surface area contributed by atoms with Crippen molar-refractivity contribution in [3.05, 3.63) is 48.5 Å². The summed E-state index contributed by atoms with van der Waals surface area (Å²) in [7, 11) is -7.22. The maximum atomic E-state index is 13.1. The number of rotatable bonds is 7. The Kier molecular flexibility index (Phi) is 6.94. The fourth-order valence-electron chi connectivity index (χ4n) is 3.61. The van der Waals surface area contributed by atoms with Gasteiger partial charge < -0.3 is 9.47 Å². The highest BCUT2D eigenvalue weighted by atomic mass is 32.2. The monoisotopic (exact) mass is 483 g/mol. The second-order valence-electron chi connectivity index (χ2n) is 7.69. The third-order valence-corrected chi connectivity index (χ3v) is 8.74. The number of amides is 1. The van der Waals surface area contributed by atoms with Crippen LogP contribution in [0.5, 0.6) is 11.5 Å². The molecule has 2 aromatic carbocycles. The predicted molar refractivity (Wildman–Crippen MR) is 115 cm³/mol. The summed E-state index contributed by atoms with van der Waals surface area (Å²) in [5.41, 5.74) is -0.599. The number of hydrogen-bond acceptors (Lipinski definition) is 8. The van der Waals surface area contributed by atoms with Gasteiger partial charge in [0.25, 0.3) is 0 Å². The molecule has 11 heteroatoms. The second-order valence-corrected chi connectivity index (χ2v) is 11.8. The van der Waals surface area contributed by atoms with Gasteiger partial charge in [-0.1, -0.05) is 6.92 Å². The Labute approximate surface area is 187 Å². The summed E-state index contributed by atoms with van der Waals surface area (Å²) in [6, 6.07) is 11.6. The molecule has 174 valence electrons. The van der Waals surface area contributed by atoms with Crippen molar-refractivity contribution in [2.45, 2.75) is 41.4 Å². The molecule has 0 radical (unpaired) electrons. The Balaban J connectivity index is 1.76. The highest BCUT2D eigenvalue weighted by Crippen LogP contribution is 2.40. The van der Waals surface area contributed by atoms with Gasteiger partial charge >= 0.3 is 0 Å². The van der Waals surface area contributed by atoms with E-state index >= 15 is 0 Å². The zero-order chi connectivity index (χ0) is 23.6. The first-order valence-corrected chi connectivity index (χ1v) is 13.3. The van der Waals surface area contributed by atoms with E-state index in [1.54, 1.807) is 12.4 Å². The quantitative estimate of drug-likeness (QED) is 0.453. The Bertz CT molecular complexity index is 1180. The molecule has 0 spiro atoms. The largest absolute Gasteiger partial charge is 0.457 e. The summed E-state index contributed by atoms with van der Waals surface area (Å²) in [6.45, 7) is 1.84. The lowest BCUT2D eigenvalue weighted by molar-refractivity contribution is -0.147. The van der Waals surface area contributed by atoms with Crippen molar-refractivity contribution in [1.82, 2.24) is 5.48 Å². The van der Waals surface area contributed by atoms with Crippen molar-refractivity contribution in [1.29, 1.82) is 0 Å². The topological polar surface area (TPSA) is 136 Å². The van der Waals surface area contributed by atoms with Gasteiger partial charge in [0.2, 0.25) is 15.7 Å². The molecule has 0 bridgehead atoms. The number of benzene rings is 2. The smallest absolute Gasteiger partial charge is 0.249 e. The molecule has 2 aromatic rings. The minimum Gasteiger partial charge on any atom is -0.457 e. The molecular formula is C21H25NO8S2. The molecule has 9 nitrogen and oxygen atoms in total. The maximum Gasteiger partial charge on any atom is 0.249 e. The first-order valence-electron chi connectivity index (χ1n) is 9.90. The van der Waals surface area contributed by atoms with E-state index in [4.69, 9.17) is 14.7 Å². The van der Waals surface area contributed by atoms with Gasteiger partial charge in [0.05, 0.1) is 15.2 Å². The minimum atomic E-state index is -3.90. The molecule has 1 saturated heterocycles. The summed E-state index contributed by atoms with van der Waals surface area (Å²) in [4.78, 5) is 12.3. The van der Waals surface area contributed by atoms with Gasteiger partial charge in [0.1, 0.15) is 11.5 Å². The Morgan fingerprint density at radius 3 is 2.06 bits per heavy atom. The number of carbonyl (C=O) groups is 1. The molecule has 1 fully saturated rings. The van der Waals surface area contributed by atoms with Crippen LogP contribution in [-0.2, 0) is 29.2 Å². The number of sulfone groups is 2. The van der Waals surface area contributed by atoms with Crippen LogP contribution in [0.1, 0.15) is 26.2 Å². The molecular weight excluding hydrogens is 458 g/mol. The van der Waals surface area contributed by atoms with Crippen molar-refractivity contribution in [3.8, 4) is 11.5 Å². The SMILES string of the molecule is CCC1(C(=O)NO)CCOC(S(=O)(=O)c2ccc(Oc3ccc(S(C)(=O)=O)cc3)cc2)C1. The van der Waals surface area contributed by atoms with Crippen molar-refractivity contribution in [2.24, 2.45) is 5.41 Å². The first-order chi connectivity index (χ1) is 15.0. The number of hydroxylamine groups is 1. The summed E-state index contributed by atoms with van der Waals surface area (Å²) in [5.74, 6) is 0.142. The van der Waals surface area contributed by atoms with Crippen molar-refractivity contribution in [2.75, 3.05) is 12.9 Å². The average Bonchev–Trinajstić information content (AvgIpc) is 2.78. The van der Waals surface area contributed by atoms with E-state index in [1.807, 2.05) is 0 Å². The van der Waals surface area contributed by atoms with E-state index in [0.717, 1.165) is 6.26 Å². The minimum absolute atomic E-state index is 0.0126. The number of carbonyl (C=O) groups excluding carboxylic acids is 1. The van der Waals surface area contributed by atoms with Crippen LogP contribution in [0.3, 0.4) is 0 Å².